The van der Waals surface area contributed by atoms with E-state index in [2.05, 4.69) is 10.6 Å². The topological polar surface area (TPSA) is 50.4 Å². The summed E-state index contributed by atoms with van der Waals surface area (Å²) < 4.78 is 5.67. The number of ketones is 1. The Morgan fingerprint density at radius 1 is 1.59 bits per heavy atom. The molecule has 4 heteroatoms. The Morgan fingerprint density at radius 2 is 2.41 bits per heavy atom. The summed E-state index contributed by atoms with van der Waals surface area (Å²) in [4.78, 5) is 11.3. The Bertz CT molecular complexity index is 418. The van der Waals surface area contributed by atoms with Crippen LogP contribution in [0.3, 0.4) is 0 Å². The maximum Gasteiger partial charge on any atom is 0.159 e. The Labute approximate surface area is 101 Å². The average molecular weight is 234 g/mol. The first-order chi connectivity index (χ1) is 8.20. The molecule has 17 heavy (non-hydrogen) atoms. The lowest BCUT2D eigenvalue weighted by Crippen LogP contribution is -2.33. The third kappa shape index (κ3) is 2.77. The zero-order chi connectivity index (χ0) is 12.3. The quantitative estimate of drug-likeness (QED) is 0.778. The largest absolute Gasteiger partial charge is 0.489 e. The molecule has 4 nitrogen and oxygen atoms in total. The van der Waals surface area contributed by atoms with Crippen LogP contribution >= 0.6 is 0 Å². The van der Waals surface area contributed by atoms with Gasteiger partial charge in [0.05, 0.1) is 11.7 Å². The molecule has 2 rings (SSSR count). The fourth-order valence-corrected chi connectivity index (χ4v) is 1.91. The molecule has 0 bridgehead atoms. The van der Waals surface area contributed by atoms with Crippen molar-refractivity contribution >= 4 is 11.5 Å². The van der Waals surface area contributed by atoms with Crippen molar-refractivity contribution in [2.24, 2.45) is 0 Å². The monoisotopic (exact) mass is 234 g/mol. The van der Waals surface area contributed by atoms with Crippen LogP contribution in [0.4, 0.5) is 5.69 Å². The second-order valence-corrected chi connectivity index (χ2v) is 4.31. The summed E-state index contributed by atoms with van der Waals surface area (Å²) in [5.74, 6) is 0.905. The maximum absolute atomic E-state index is 11.3. The van der Waals surface area contributed by atoms with Crippen molar-refractivity contribution in [3.63, 3.8) is 0 Å². The van der Waals surface area contributed by atoms with Crippen LogP contribution in [0.5, 0.6) is 5.75 Å². The number of benzene rings is 1. The van der Waals surface area contributed by atoms with E-state index in [1.54, 1.807) is 13.0 Å². The maximum atomic E-state index is 11.3. The molecule has 0 fully saturated rings. The molecule has 0 saturated carbocycles. The average Bonchev–Trinajstić information content (AvgIpc) is 2.35. The third-order valence-electron chi connectivity index (χ3n) is 2.93. The molecule has 1 unspecified atom stereocenters. The molecule has 0 aromatic heterocycles. The van der Waals surface area contributed by atoms with Crippen molar-refractivity contribution in [2.75, 3.05) is 25.5 Å². The Morgan fingerprint density at radius 3 is 3.12 bits per heavy atom. The fraction of sp³-hybridized carbons (Fsp3) is 0.462. The molecule has 1 aliphatic rings. The molecular weight excluding hydrogens is 216 g/mol. The normalized spacial score (nSPS) is 17.9. The van der Waals surface area contributed by atoms with Gasteiger partial charge in [0.1, 0.15) is 12.4 Å². The molecule has 0 aliphatic carbocycles. The van der Waals surface area contributed by atoms with E-state index in [4.69, 9.17) is 4.74 Å². The van der Waals surface area contributed by atoms with Crippen molar-refractivity contribution in [1.29, 1.82) is 0 Å². The first kappa shape index (κ1) is 11.9. The van der Waals surface area contributed by atoms with Gasteiger partial charge < -0.3 is 15.4 Å². The van der Waals surface area contributed by atoms with Crippen molar-refractivity contribution < 1.29 is 9.53 Å². The molecule has 0 amide bonds. The van der Waals surface area contributed by atoms with Gasteiger partial charge in [0.25, 0.3) is 0 Å². The van der Waals surface area contributed by atoms with E-state index in [0.29, 0.717) is 18.2 Å². The minimum Gasteiger partial charge on any atom is -0.489 e. The highest BCUT2D eigenvalue weighted by Gasteiger charge is 2.19. The van der Waals surface area contributed by atoms with Crippen LogP contribution in [0.2, 0.25) is 0 Å². The summed E-state index contributed by atoms with van der Waals surface area (Å²) >= 11 is 0. The van der Waals surface area contributed by atoms with Gasteiger partial charge in [-0.15, -0.1) is 0 Å². The lowest BCUT2D eigenvalue weighted by atomic mass is 10.1. The standard InChI is InChI=1S/C13H18N2O2/c1-9(16)10-3-4-13-12(7-10)15-11(8-17-13)5-6-14-2/h3-4,7,11,14-15H,5-6,8H2,1-2H3. The van der Waals surface area contributed by atoms with Gasteiger partial charge in [-0.3, -0.25) is 4.79 Å². The number of ether oxygens (including phenoxy) is 1. The van der Waals surface area contributed by atoms with Gasteiger partial charge in [-0.2, -0.15) is 0 Å². The van der Waals surface area contributed by atoms with E-state index >= 15 is 0 Å². The Kier molecular flexibility index (Phi) is 3.64. The Balaban J connectivity index is 2.12. The summed E-state index contributed by atoms with van der Waals surface area (Å²) in [7, 11) is 1.94. The van der Waals surface area contributed by atoms with Crippen LogP contribution < -0.4 is 15.4 Å². The van der Waals surface area contributed by atoms with Crippen molar-refractivity contribution in [3.05, 3.63) is 23.8 Å². The van der Waals surface area contributed by atoms with Gasteiger partial charge in [-0.05, 0) is 45.1 Å². The van der Waals surface area contributed by atoms with Gasteiger partial charge in [-0.1, -0.05) is 0 Å². The first-order valence-corrected chi connectivity index (χ1v) is 5.89. The lowest BCUT2D eigenvalue weighted by molar-refractivity contribution is 0.101. The summed E-state index contributed by atoms with van der Waals surface area (Å²) in [6.45, 7) is 3.20. The summed E-state index contributed by atoms with van der Waals surface area (Å²) in [5.41, 5.74) is 1.64. The van der Waals surface area contributed by atoms with Crippen LogP contribution in [-0.4, -0.2) is 32.0 Å². The second kappa shape index (κ2) is 5.19. The molecule has 1 aliphatic heterocycles. The highest BCUT2D eigenvalue weighted by molar-refractivity contribution is 5.95. The summed E-state index contributed by atoms with van der Waals surface area (Å²) in [6.07, 6.45) is 1.00. The van der Waals surface area contributed by atoms with E-state index in [9.17, 15) is 4.79 Å². The second-order valence-electron chi connectivity index (χ2n) is 4.31. The van der Waals surface area contributed by atoms with Gasteiger partial charge >= 0.3 is 0 Å². The number of fused-ring (bicyclic) bond motifs is 1. The zero-order valence-corrected chi connectivity index (χ0v) is 10.2. The molecular formula is C13H18N2O2. The number of carbonyl (C=O) groups is 1. The summed E-state index contributed by atoms with van der Waals surface area (Å²) in [5, 5.41) is 6.53. The molecule has 0 radical (unpaired) electrons. The molecule has 0 spiro atoms. The molecule has 1 aromatic rings. The number of nitrogens with one attached hydrogen (secondary N) is 2. The van der Waals surface area contributed by atoms with E-state index in [-0.39, 0.29) is 5.78 Å². The SMILES string of the molecule is CNCCC1COc2ccc(C(C)=O)cc2N1. The van der Waals surface area contributed by atoms with Gasteiger partial charge in [0.2, 0.25) is 0 Å². The first-order valence-electron chi connectivity index (χ1n) is 5.89. The highest BCUT2D eigenvalue weighted by Crippen LogP contribution is 2.30. The predicted molar refractivity (Wildman–Crippen MR) is 67.9 cm³/mol. The fourth-order valence-electron chi connectivity index (χ4n) is 1.91. The predicted octanol–water partition coefficient (Wildman–Crippen LogP) is 1.67. The van der Waals surface area contributed by atoms with Gasteiger partial charge in [-0.25, -0.2) is 0 Å². The van der Waals surface area contributed by atoms with E-state index in [1.807, 2.05) is 19.2 Å². The van der Waals surface area contributed by atoms with Crippen LogP contribution in [-0.2, 0) is 0 Å². The number of rotatable bonds is 4. The van der Waals surface area contributed by atoms with Crippen LogP contribution in [0.15, 0.2) is 18.2 Å². The van der Waals surface area contributed by atoms with Crippen LogP contribution in [0.1, 0.15) is 23.7 Å². The van der Waals surface area contributed by atoms with E-state index < -0.39 is 0 Å². The lowest BCUT2D eigenvalue weighted by Gasteiger charge is -2.27. The minimum atomic E-state index is 0.0759. The van der Waals surface area contributed by atoms with E-state index in [0.717, 1.165) is 24.4 Å². The number of anilines is 1. The van der Waals surface area contributed by atoms with Crippen molar-refractivity contribution in [2.45, 2.75) is 19.4 Å². The van der Waals surface area contributed by atoms with E-state index in [1.165, 1.54) is 0 Å². The third-order valence-corrected chi connectivity index (χ3v) is 2.93. The highest BCUT2D eigenvalue weighted by atomic mass is 16.5. The van der Waals surface area contributed by atoms with Crippen molar-refractivity contribution in [1.82, 2.24) is 5.32 Å². The number of hydrogen-bond acceptors (Lipinski definition) is 4. The molecule has 1 atom stereocenters. The molecule has 2 N–H and O–H groups in total. The molecule has 1 aromatic carbocycles. The van der Waals surface area contributed by atoms with Crippen molar-refractivity contribution in [3.8, 4) is 5.75 Å². The minimum absolute atomic E-state index is 0.0759. The van der Waals surface area contributed by atoms with Gasteiger partial charge in [0.15, 0.2) is 5.78 Å². The molecule has 92 valence electrons. The number of hydrogen-bond donors (Lipinski definition) is 2. The summed E-state index contributed by atoms with van der Waals surface area (Å²) in [6, 6.07) is 5.82. The number of carbonyl (C=O) groups excluding carboxylic acids is 1. The van der Waals surface area contributed by atoms with Crippen LogP contribution in [0, 0.1) is 0 Å². The zero-order valence-electron chi connectivity index (χ0n) is 10.2. The van der Waals surface area contributed by atoms with Crippen LogP contribution in [0.25, 0.3) is 0 Å². The van der Waals surface area contributed by atoms with Gasteiger partial charge in [0, 0.05) is 5.56 Å². The number of Topliss-reactive ketones (excluding diaryl/α,β-unsaturated/α-hetero) is 1. The Hall–Kier alpha value is -1.55. The molecule has 1 heterocycles. The smallest absolute Gasteiger partial charge is 0.159 e. The molecule has 0 saturated heterocycles.